The Morgan fingerprint density at radius 1 is 0.939 bits per heavy atom. The van der Waals surface area contributed by atoms with Crippen LogP contribution >= 0.6 is 23.2 Å². The number of sulfonamides is 1. The van der Waals surface area contributed by atoms with E-state index in [1.54, 1.807) is 30.3 Å². The average molecular weight is 509 g/mol. The maximum absolute atomic E-state index is 13.6. The predicted molar refractivity (Wildman–Crippen MR) is 130 cm³/mol. The molecule has 0 unspecified atom stereocenters. The number of anilines is 2. The molecule has 0 saturated carbocycles. The molecule has 0 aliphatic heterocycles. The van der Waals surface area contributed by atoms with Crippen LogP contribution in [-0.4, -0.2) is 35.1 Å². The Hall–Kier alpha value is -2.94. The summed E-state index contributed by atoms with van der Waals surface area (Å²) >= 11 is 11.9. The quantitative estimate of drug-likeness (QED) is 0.454. The van der Waals surface area contributed by atoms with E-state index in [2.05, 4.69) is 5.32 Å². The third-order valence-corrected chi connectivity index (χ3v) is 7.27. The molecule has 0 aromatic heterocycles. The van der Waals surface area contributed by atoms with Gasteiger partial charge in [-0.3, -0.25) is 9.10 Å². The molecule has 1 N–H and O–H groups in total. The molecule has 0 aliphatic carbocycles. The Labute approximate surface area is 202 Å². The monoisotopic (exact) mass is 508 g/mol. The Bertz CT molecular complexity index is 1260. The van der Waals surface area contributed by atoms with E-state index in [4.69, 9.17) is 32.7 Å². The minimum Gasteiger partial charge on any atom is -0.497 e. The normalized spacial score (nSPS) is 11.1. The number of benzene rings is 3. The van der Waals surface area contributed by atoms with Gasteiger partial charge in [-0.15, -0.1) is 0 Å². The molecule has 0 bridgehead atoms. The highest BCUT2D eigenvalue weighted by Gasteiger charge is 2.30. The zero-order valence-corrected chi connectivity index (χ0v) is 20.5. The van der Waals surface area contributed by atoms with Crippen molar-refractivity contribution in [3.8, 4) is 11.5 Å². The van der Waals surface area contributed by atoms with Crippen molar-refractivity contribution in [2.24, 2.45) is 0 Å². The van der Waals surface area contributed by atoms with Crippen LogP contribution in [0.1, 0.15) is 5.56 Å². The van der Waals surface area contributed by atoms with Crippen LogP contribution in [0.25, 0.3) is 0 Å². The Morgan fingerprint density at radius 2 is 1.64 bits per heavy atom. The molecule has 0 atom stereocenters. The number of nitrogens with one attached hydrogen (secondary N) is 1. The molecule has 0 aliphatic rings. The number of halogens is 2. The molecular formula is C23H22Cl2N2O5S. The number of hydrogen-bond acceptors (Lipinski definition) is 5. The number of carbonyl (C=O) groups is 1. The number of hydrogen-bond donors (Lipinski definition) is 1. The molecule has 33 heavy (non-hydrogen) atoms. The van der Waals surface area contributed by atoms with Crippen LogP contribution in [0.4, 0.5) is 11.4 Å². The van der Waals surface area contributed by atoms with E-state index >= 15 is 0 Å². The summed E-state index contributed by atoms with van der Waals surface area (Å²) in [7, 11) is -1.27. The van der Waals surface area contributed by atoms with Crippen molar-refractivity contribution in [3.05, 3.63) is 76.3 Å². The Balaban J connectivity index is 2.04. The number of rotatable bonds is 8. The molecular weight excluding hydrogens is 487 g/mol. The zero-order chi connectivity index (χ0) is 24.2. The molecule has 0 fully saturated rings. The summed E-state index contributed by atoms with van der Waals surface area (Å²) in [5.41, 5.74) is 1.43. The predicted octanol–water partition coefficient (Wildman–Crippen LogP) is 5.15. The number of aryl methyl sites for hydroxylation is 1. The van der Waals surface area contributed by atoms with Gasteiger partial charge in [-0.2, -0.15) is 0 Å². The van der Waals surface area contributed by atoms with E-state index in [1.165, 1.54) is 44.6 Å². The van der Waals surface area contributed by atoms with Gasteiger partial charge in [0.1, 0.15) is 18.0 Å². The number of amides is 1. The molecule has 0 spiro atoms. The summed E-state index contributed by atoms with van der Waals surface area (Å²) in [6, 6.07) is 15.6. The molecule has 7 nitrogen and oxygen atoms in total. The van der Waals surface area contributed by atoms with Gasteiger partial charge in [0, 0.05) is 11.8 Å². The molecule has 0 saturated heterocycles. The molecule has 3 aromatic rings. The lowest BCUT2D eigenvalue weighted by Crippen LogP contribution is -2.38. The van der Waals surface area contributed by atoms with E-state index in [9.17, 15) is 13.2 Å². The number of carbonyl (C=O) groups excluding carboxylic acids is 1. The molecule has 1 amide bonds. The van der Waals surface area contributed by atoms with Crippen molar-refractivity contribution in [1.82, 2.24) is 0 Å². The van der Waals surface area contributed by atoms with E-state index in [0.29, 0.717) is 16.5 Å². The molecule has 3 rings (SSSR count). The van der Waals surface area contributed by atoms with Gasteiger partial charge in [0.15, 0.2) is 0 Å². The molecule has 3 aromatic carbocycles. The number of nitrogens with zero attached hydrogens (tertiary/aromatic N) is 1. The maximum Gasteiger partial charge on any atom is 0.264 e. The van der Waals surface area contributed by atoms with Gasteiger partial charge >= 0.3 is 0 Å². The molecule has 0 radical (unpaired) electrons. The summed E-state index contributed by atoms with van der Waals surface area (Å²) in [6.07, 6.45) is 0. The topological polar surface area (TPSA) is 84.9 Å². The summed E-state index contributed by atoms with van der Waals surface area (Å²) in [5.74, 6) is 0.0718. The van der Waals surface area contributed by atoms with Gasteiger partial charge in [0.05, 0.1) is 34.8 Å². The lowest BCUT2D eigenvalue weighted by atomic mass is 10.2. The number of ether oxygens (including phenoxy) is 2. The first-order chi connectivity index (χ1) is 15.6. The van der Waals surface area contributed by atoms with Crippen molar-refractivity contribution >= 4 is 50.5 Å². The van der Waals surface area contributed by atoms with Crippen molar-refractivity contribution in [2.75, 3.05) is 30.4 Å². The molecule has 10 heteroatoms. The second-order valence-corrected chi connectivity index (χ2v) is 9.72. The third-order valence-electron chi connectivity index (χ3n) is 4.75. The van der Waals surface area contributed by atoms with Crippen molar-refractivity contribution in [1.29, 1.82) is 0 Å². The summed E-state index contributed by atoms with van der Waals surface area (Å²) in [4.78, 5) is 12.9. The first-order valence-electron chi connectivity index (χ1n) is 9.72. The minimum absolute atomic E-state index is 0.0281. The van der Waals surface area contributed by atoms with Crippen LogP contribution in [0.5, 0.6) is 11.5 Å². The van der Waals surface area contributed by atoms with Gasteiger partial charge < -0.3 is 14.8 Å². The van der Waals surface area contributed by atoms with Gasteiger partial charge in [0.25, 0.3) is 10.0 Å². The fraction of sp³-hybridized carbons (Fsp3) is 0.174. The number of methoxy groups -OCH3 is 2. The minimum atomic E-state index is -4.14. The van der Waals surface area contributed by atoms with Crippen LogP contribution in [0, 0.1) is 6.92 Å². The highest BCUT2D eigenvalue weighted by atomic mass is 35.5. The fourth-order valence-corrected chi connectivity index (χ4v) is 4.76. The van der Waals surface area contributed by atoms with Crippen molar-refractivity contribution < 1.29 is 22.7 Å². The van der Waals surface area contributed by atoms with Gasteiger partial charge in [0.2, 0.25) is 5.91 Å². The van der Waals surface area contributed by atoms with Crippen molar-refractivity contribution in [2.45, 2.75) is 11.8 Å². The highest BCUT2D eigenvalue weighted by molar-refractivity contribution is 7.92. The van der Waals surface area contributed by atoms with Gasteiger partial charge in [-0.1, -0.05) is 40.9 Å². The fourth-order valence-electron chi connectivity index (χ4n) is 3.03. The standard InChI is InChI=1S/C23H22Cl2N2O5S/c1-15-4-8-18(9-5-15)33(29,30)27(21-13-17(31-2)7-11-22(21)32-3)14-23(28)26-16-6-10-19(24)20(25)12-16/h4-13H,14H2,1-3H3,(H,26,28). The van der Waals surface area contributed by atoms with Gasteiger partial charge in [-0.25, -0.2) is 8.42 Å². The van der Waals surface area contributed by atoms with E-state index < -0.39 is 22.5 Å². The van der Waals surface area contributed by atoms with Gasteiger partial charge in [-0.05, 0) is 49.4 Å². The molecule has 174 valence electrons. The van der Waals surface area contributed by atoms with E-state index in [0.717, 1.165) is 9.87 Å². The second kappa shape index (κ2) is 10.3. The molecule has 0 heterocycles. The SMILES string of the molecule is COc1ccc(OC)c(N(CC(=O)Nc2ccc(Cl)c(Cl)c2)S(=O)(=O)c2ccc(C)cc2)c1. The van der Waals surface area contributed by atoms with Crippen LogP contribution < -0.4 is 19.1 Å². The van der Waals surface area contributed by atoms with Crippen LogP contribution in [0.3, 0.4) is 0 Å². The first kappa shape index (κ1) is 24.7. The highest BCUT2D eigenvalue weighted by Crippen LogP contribution is 2.36. The van der Waals surface area contributed by atoms with Crippen LogP contribution in [0.2, 0.25) is 10.0 Å². The zero-order valence-electron chi connectivity index (χ0n) is 18.1. The average Bonchev–Trinajstić information content (AvgIpc) is 2.79. The maximum atomic E-state index is 13.6. The van der Waals surface area contributed by atoms with Crippen molar-refractivity contribution in [3.63, 3.8) is 0 Å². The first-order valence-corrected chi connectivity index (χ1v) is 11.9. The lowest BCUT2D eigenvalue weighted by molar-refractivity contribution is -0.114. The second-order valence-electron chi connectivity index (χ2n) is 7.04. The van der Waals surface area contributed by atoms with Crippen LogP contribution in [0.15, 0.2) is 65.6 Å². The summed E-state index contributed by atoms with van der Waals surface area (Å²) < 4.78 is 38.8. The van der Waals surface area contributed by atoms with E-state index in [-0.39, 0.29) is 21.4 Å². The summed E-state index contributed by atoms with van der Waals surface area (Å²) in [6.45, 7) is 1.32. The Kier molecular flexibility index (Phi) is 7.73. The third kappa shape index (κ3) is 5.71. The summed E-state index contributed by atoms with van der Waals surface area (Å²) in [5, 5.41) is 3.24. The van der Waals surface area contributed by atoms with Crippen LogP contribution in [-0.2, 0) is 14.8 Å². The largest absolute Gasteiger partial charge is 0.497 e. The Morgan fingerprint density at radius 3 is 2.24 bits per heavy atom. The lowest BCUT2D eigenvalue weighted by Gasteiger charge is -2.26. The smallest absolute Gasteiger partial charge is 0.264 e. The van der Waals surface area contributed by atoms with E-state index in [1.807, 2.05) is 6.92 Å².